The maximum Gasteiger partial charge on any atom is 0.355 e. The van der Waals surface area contributed by atoms with Gasteiger partial charge >= 0.3 is 11.4 Å². The summed E-state index contributed by atoms with van der Waals surface area (Å²) in [6.45, 7) is 6.29. The van der Waals surface area contributed by atoms with Crippen molar-refractivity contribution in [2.75, 3.05) is 18.5 Å². The summed E-state index contributed by atoms with van der Waals surface area (Å²) in [7, 11) is 0. The maximum atomic E-state index is 14.3. The Hall–Kier alpha value is -2.68. The Bertz CT molecular complexity index is 887. The van der Waals surface area contributed by atoms with Crippen LogP contribution in [0, 0.1) is 5.82 Å². The van der Waals surface area contributed by atoms with E-state index in [0.717, 1.165) is 11.0 Å². The normalized spacial score (nSPS) is 17.9. The standard InChI is InChI=1S/C18H23FN4O4/c1-10(2)23-17(24)21-16(22-18(23)25)20-11(3)14-8-12(4-5-15(14)19)27-13-6-7-26-9-13/h4-5,8,10-11,13H,6-7,9H2,1-3H3,(H2,20,21,22,24,25)/t11-,13+/m0/s1. The molecule has 9 heteroatoms. The number of aromatic amines is 1. The molecule has 2 heterocycles. The summed E-state index contributed by atoms with van der Waals surface area (Å²) in [4.78, 5) is 30.4. The van der Waals surface area contributed by atoms with Gasteiger partial charge < -0.3 is 14.8 Å². The van der Waals surface area contributed by atoms with Crippen LogP contribution in [0.4, 0.5) is 10.3 Å². The van der Waals surface area contributed by atoms with E-state index in [9.17, 15) is 14.0 Å². The van der Waals surface area contributed by atoms with Crippen LogP contribution in [0.25, 0.3) is 0 Å². The molecular weight excluding hydrogens is 355 g/mol. The number of hydrogen-bond acceptors (Lipinski definition) is 6. The van der Waals surface area contributed by atoms with Crippen molar-refractivity contribution >= 4 is 5.95 Å². The zero-order valence-corrected chi connectivity index (χ0v) is 15.5. The van der Waals surface area contributed by atoms with E-state index in [1.807, 2.05) is 0 Å². The molecule has 0 amide bonds. The van der Waals surface area contributed by atoms with Crippen LogP contribution in [0.3, 0.4) is 0 Å². The minimum atomic E-state index is -0.665. The SMILES string of the molecule is CC(C)n1c(=O)nc(N[C@@H](C)c2cc(O[C@@H]3CCOC3)ccc2F)[nH]c1=O. The molecule has 1 aliphatic heterocycles. The highest BCUT2D eigenvalue weighted by molar-refractivity contribution is 5.36. The third-order valence-corrected chi connectivity index (χ3v) is 4.35. The molecule has 0 radical (unpaired) electrons. The molecular formula is C18H23FN4O4. The van der Waals surface area contributed by atoms with E-state index in [-0.39, 0.29) is 18.1 Å². The van der Waals surface area contributed by atoms with Crippen LogP contribution >= 0.6 is 0 Å². The predicted octanol–water partition coefficient (Wildman–Crippen LogP) is 1.99. The lowest BCUT2D eigenvalue weighted by Gasteiger charge is -2.18. The molecule has 0 saturated carbocycles. The Morgan fingerprint density at radius 1 is 1.37 bits per heavy atom. The highest BCUT2D eigenvalue weighted by Gasteiger charge is 2.19. The van der Waals surface area contributed by atoms with Crippen molar-refractivity contribution < 1.29 is 13.9 Å². The van der Waals surface area contributed by atoms with Crippen LogP contribution in [0.2, 0.25) is 0 Å². The summed E-state index contributed by atoms with van der Waals surface area (Å²) in [6, 6.07) is 3.62. The van der Waals surface area contributed by atoms with Gasteiger partial charge in [0, 0.05) is 18.0 Å². The molecule has 3 rings (SSSR count). The molecule has 1 fully saturated rings. The summed E-state index contributed by atoms with van der Waals surface area (Å²) >= 11 is 0. The zero-order chi connectivity index (χ0) is 19.6. The fourth-order valence-electron chi connectivity index (χ4n) is 2.96. The van der Waals surface area contributed by atoms with Crippen molar-refractivity contribution in [1.29, 1.82) is 0 Å². The monoisotopic (exact) mass is 378 g/mol. The van der Waals surface area contributed by atoms with Crippen LogP contribution < -0.4 is 21.4 Å². The van der Waals surface area contributed by atoms with Gasteiger partial charge in [-0.15, -0.1) is 0 Å². The van der Waals surface area contributed by atoms with Gasteiger partial charge in [0.2, 0.25) is 5.95 Å². The highest BCUT2D eigenvalue weighted by Crippen LogP contribution is 2.26. The molecule has 8 nitrogen and oxygen atoms in total. The number of H-pyrrole nitrogens is 1. The first-order chi connectivity index (χ1) is 12.8. The van der Waals surface area contributed by atoms with E-state index in [0.29, 0.717) is 24.5 Å². The van der Waals surface area contributed by atoms with Gasteiger partial charge in [0.25, 0.3) is 0 Å². The molecule has 0 bridgehead atoms. The Kier molecular flexibility index (Phi) is 5.59. The van der Waals surface area contributed by atoms with Gasteiger partial charge in [-0.2, -0.15) is 4.98 Å². The number of hydrogen-bond donors (Lipinski definition) is 2. The first-order valence-electron chi connectivity index (χ1n) is 8.88. The Balaban J connectivity index is 1.80. The Labute approximate surface area is 155 Å². The van der Waals surface area contributed by atoms with E-state index in [1.54, 1.807) is 32.9 Å². The molecule has 2 N–H and O–H groups in total. The zero-order valence-electron chi connectivity index (χ0n) is 15.5. The number of aromatic nitrogens is 3. The predicted molar refractivity (Wildman–Crippen MR) is 97.8 cm³/mol. The molecule has 0 spiro atoms. The van der Waals surface area contributed by atoms with E-state index in [2.05, 4.69) is 15.3 Å². The second-order valence-corrected chi connectivity index (χ2v) is 6.79. The van der Waals surface area contributed by atoms with Crippen molar-refractivity contribution in [1.82, 2.24) is 14.5 Å². The largest absolute Gasteiger partial charge is 0.488 e. The van der Waals surface area contributed by atoms with Gasteiger partial charge in [-0.25, -0.2) is 18.5 Å². The van der Waals surface area contributed by atoms with E-state index in [4.69, 9.17) is 9.47 Å². The third-order valence-electron chi connectivity index (χ3n) is 4.35. The van der Waals surface area contributed by atoms with Crippen LogP contribution in [0.1, 0.15) is 44.8 Å². The first kappa shape index (κ1) is 19.1. The molecule has 0 unspecified atom stereocenters. The van der Waals surface area contributed by atoms with Gasteiger partial charge in [-0.05, 0) is 39.0 Å². The topological polar surface area (TPSA) is 98.2 Å². The van der Waals surface area contributed by atoms with Crippen LogP contribution in [-0.4, -0.2) is 33.9 Å². The second-order valence-electron chi connectivity index (χ2n) is 6.79. The van der Waals surface area contributed by atoms with E-state index < -0.39 is 23.2 Å². The molecule has 1 saturated heterocycles. The van der Waals surface area contributed by atoms with Crippen molar-refractivity contribution in [2.24, 2.45) is 0 Å². The molecule has 2 aromatic rings. The van der Waals surface area contributed by atoms with E-state index in [1.165, 1.54) is 6.07 Å². The van der Waals surface area contributed by atoms with Gasteiger partial charge in [0.05, 0.1) is 19.3 Å². The summed E-state index contributed by atoms with van der Waals surface area (Å²) in [5.41, 5.74) is -0.900. The molecule has 146 valence electrons. The smallest absolute Gasteiger partial charge is 0.355 e. The van der Waals surface area contributed by atoms with Crippen LogP contribution in [-0.2, 0) is 4.74 Å². The Morgan fingerprint density at radius 2 is 2.15 bits per heavy atom. The van der Waals surface area contributed by atoms with Crippen molar-refractivity contribution in [2.45, 2.75) is 45.4 Å². The molecule has 27 heavy (non-hydrogen) atoms. The summed E-state index contributed by atoms with van der Waals surface area (Å²) in [6.07, 6.45) is 0.742. The lowest BCUT2D eigenvalue weighted by molar-refractivity contribution is 0.141. The van der Waals surface area contributed by atoms with E-state index >= 15 is 0 Å². The number of ether oxygens (including phenoxy) is 2. The van der Waals surface area contributed by atoms with Gasteiger partial charge in [0.15, 0.2) is 0 Å². The fourth-order valence-corrected chi connectivity index (χ4v) is 2.96. The number of halogens is 1. The molecule has 1 aromatic carbocycles. The highest BCUT2D eigenvalue weighted by atomic mass is 19.1. The van der Waals surface area contributed by atoms with Crippen molar-refractivity contribution in [3.8, 4) is 5.75 Å². The van der Waals surface area contributed by atoms with Crippen LogP contribution in [0.5, 0.6) is 5.75 Å². The van der Waals surface area contributed by atoms with Gasteiger partial charge in [0.1, 0.15) is 17.7 Å². The second kappa shape index (κ2) is 7.91. The first-order valence-corrected chi connectivity index (χ1v) is 8.88. The summed E-state index contributed by atoms with van der Waals surface area (Å²) in [5.74, 6) is 0.0967. The number of rotatable bonds is 6. The average molecular weight is 378 g/mol. The number of nitrogens with one attached hydrogen (secondary N) is 2. The molecule has 2 atom stereocenters. The number of anilines is 1. The van der Waals surface area contributed by atoms with Crippen LogP contribution in [0.15, 0.2) is 27.8 Å². The number of benzene rings is 1. The van der Waals surface area contributed by atoms with Crippen molar-refractivity contribution in [3.63, 3.8) is 0 Å². The molecule has 0 aliphatic carbocycles. The third kappa shape index (κ3) is 4.36. The molecule has 1 aliphatic rings. The quantitative estimate of drug-likeness (QED) is 0.798. The lowest BCUT2D eigenvalue weighted by atomic mass is 10.1. The Morgan fingerprint density at radius 3 is 2.78 bits per heavy atom. The summed E-state index contributed by atoms with van der Waals surface area (Å²) in [5, 5.41) is 2.87. The average Bonchev–Trinajstić information content (AvgIpc) is 3.08. The maximum absolute atomic E-state index is 14.3. The summed E-state index contributed by atoms with van der Waals surface area (Å²) < 4.78 is 26.4. The lowest BCUT2D eigenvalue weighted by Crippen LogP contribution is -2.39. The van der Waals surface area contributed by atoms with Crippen molar-refractivity contribution in [3.05, 3.63) is 50.5 Å². The minimum Gasteiger partial charge on any atom is -0.488 e. The minimum absolute atomic E-state index is 0.00989. The fraction of sp³-hybridized carbons (Fsp3) is 0.500. The van der Waals surface area contributed by atoms with Gasteiger partial charge in [-0.3, -0.25) is 4.98 Å². The van der Waals surface area contributed by atoms with Gasteiger partial charge in [-0.1, -0.05) is 0 Å². The molecule has 1 aromatic heterocycles. The number of nitrogens with zero attached hydrogens (tertiary/aromatic N) is 2.